The third-order valence-corrected chi connectivity index (χ3v) is 9.31. The highest BCUT2D eigenvalue weighted by atomic mass is 16.5. The molecule has 6 rings (SSSR count). The van der Waals surface area contributed by atoms with Crippen LogP contribution >= 0.6 is 0 Å². The third kappa shape index (κ3) is 4.99. The maximum absolute atomic E-state index is 12.8. The molecule has 0 N–H and O–H groups in total. The lowest BCUT2D eigenvalue weighted by Gasteiger charge is -2.57. The first-order valence-electron chi connectivity index (χ1n) is 13.1. The quantitative estimate of drug-likeness (QED) is 0.553. The summed E-state index contributed by atoms with van der Waals surface area (Å²) in [4.78, 5) is 29.1. The van der Waals surface area contributed by atoms with Gasteiger partial charge < -0.3 is 14.5 Å². The average Bonchev–Trinajstić information content (AvgIpc) is 2.98. The van der Waals surface area contributed by atoms with Crippen molar-refractivity contribution < 1.29 is 14.3 Å². The van der Waals surface area contributed by atoms with Crippen molar-refractivity contribution in [1.82, 2.24) is 9.80 Å². The van der Waals surface area contributed by atoms with Crippen LogP contribution in [-0.2, 0) is 16.1 Å². The second-order valence-corrected chi connectivity index (χ2v) is 11.6. The van der Waals surface area contributed by atoms with Crippen molar-refractivity contribution in [1.29, 1.82) is 0 Å². The molecule has 5 aliphatic rings. The summed E-state index contributed by atoms with van der Waals surface area (Å²) in [6, 6.07) is 7.92. The molecule has 4 saturated carbocycles. The van der Waals surface area contributed by atoms with Crippen molar-refractivity contribution in [3.63, 3.8) is 0 Å². The Morgan fingerprint density at radius 1 is 1.06 bits per heavy atom. The Bertz CT molecular complexity index is 829. The van der Waals surface area contributed by atoms with Gasteiger partial charge in [-0.3, -0.25) is 4.79 Å². The molecule has 5 heteroatoms. The van der Waals surface area contributed by atoms with Crippen LogP contribution in [-0.4, -0.2) is 55.0 Å². The molecule has 1 atom stereocenters. The van der Waals surface area contributed by atoms with Crippen LogP contribution in [0.15, 0.2) is 24.3 Å². The molecule has 4 bridgehead atoms. The Morgan fingerprint density at radius 2 is 1.70 bits per heavy atom. The van der Waals surface area contributed by atoms with Crippen LogP contribution in [0.1, 0.15) is 80.1 Å². The van der Waals surface area contributed by atoms with Gasteiger partial charge in [0, 0.05) is 25.6 Å². The predicted molar refractivity (Wildman–Crippen MR) is 129 cm³/mol. The Labute approximate surface area is 198 Å². The van der Waals surface area contributed by atoms with Gasteiger partial charge in [-0.25, -0.2) is 4.79 Å². The molecule has 4 aliphatic carbocycles. The number of carbonyl (C=O) groups is 2. The molecule has 1 amide bonds. The van der Waals surface area contributed by atoms with E-state index in [0.717, 1.165) is 42.7 Å². The zero-order valence-electron chi connectivity index (χ0n) is 20.4. The zero-order valence-corrected chi connectivity index (χ0v) is 20.4. The van der Waals surface area contributed by atoms with Crippen LogP contribution in [0.25, 0.3) is 0 Å². The second-order valence-electron chi connectivity index (χ2n) is 11.6. The van der Waals surface area contributed by atoms with Crippen LogP contribution in [0.5, 0.6) is 0 Å². The molecule has 5 nitrogen and oxygen atoms in total. The number of ether oxygens (including phenoxy) is 1. The molecule has 33 heavy (non-hydrogen) atoms. The number of carbonyl (C=O) groups excluding carboxylic acids is 2. The highest BCUT2D eigenvalue weighted by Crippen LogP contribution is 2.61. The lowest BCUT2D eigenvalue weighted by atomic mass is 9.49. The van der Waals surface area contributed by atoms with Gasteiger partial charge in [-0.05, 0) is 112 Å². The smallest absolute Gasteiger partial charge is 0.337 e. The minimum Gasteiger partial charge on any atom is -0.465 e. The number of nitrogens with zero attached hydrogens (tertiary/aromatic N) is 2. The summed E-state index contributed by atoms with van der Waals surface area (Å²) < 4.78 is 4.77. The Morgan fingerprint density at radius 3 is 2.30 bits per heavy atom. The molecule has 0 spiro atoms. The van der Waals surface area contributed by atoms with Crippen LogP contribution in [0.3, 0.4) is 0 Å². The normalized spacial score (nSPS) is 33.4. The van der Waals surface area contributed by atoms with E-state index in [4.69, 9.17) is 4.74 Å². The van der Waals surface area contributed by atoms with Gasteiger partial charge in [0.2, 0.25) is 5.91 Å². The summed E-state index contributed by atoms with van der Waals surface area (Å²) >= 11 is 0. The molecule has 1 aliphatic heterocycles. The van der Waals surface area contributed by atoms with Crippen LogP contribution in [0.4, 0.5) is 0 Å². The van der Waals surface area contributed by atoms with Gasteiger partial charge >= 0.3 is 5.97 Å². The number of benzene rings is 1. The largest absolute Gasteiger partial charge is 0.465 e. The van der Waals surface area contributed by atoms with Crippen LogP contribution < -0.4 is 0 Å². The number of esters is 1. The first-order chi connectivity index (χ1) is 15.9. The molecule has 1 saturated heterocycles. The van der Waals surface area contributed by atoms with E-state index < -0.39 is 0 Å². The number of hydrogen-bond acceptors (Lipinski definition) is 4. The average molecular weight is 453 g/mol. The van der Waals surface area contributed by atoms with E-state index in [1.54, 1.807) is 12.1 Å². The number of likely N-dealkylation sites (tertiary alicyclic amines) is 1. The molecule has 0 unspecified atom stereocenters. The van der Waals surface area contributed by atoms with E-state index in [0.29, 0.717) is 30.0 Å². The van der Waals surface area contributed by atoms with E-state index in [1.165, 1.54) is 58.6 Å². The maximum atomic E-state index is 12.8. The first kappa shape index (κ1) is 22.9. The van der Waals surface area contributed by atoms with Crippen molar-refractivity contribution in [2.45, 2.75) is 76.8 Å². The fourth-order valence-electron chi connectivity index (χ4n) is 7.91. The van der Waals surface area contributed by atoms with Gasteiger partial charge in [-0.1, -0.05) is 12.1 Å². The van der Waals surface area contributed by atoms with Crippen molar-refractivity contribution in [2.75, 3.05) is 27.2 Å². The lowest BCUT2D eigenvalue weighted by Crippen LogP contribution is -2.47. The van der Waals surface area contributed by atoms with Gasteiger partial charge in [0.1, 0.15) is 0 Å². The summed E-state index contributed by atoms with van der Waals surface area (Å²) in [5.74, 6) is 2.99. The summed E-state index contributed by atoms with van der Waals surface area (Å²) in [6.07, 6.45) is 13.0. The Hall–Kier alpha value is -1.88. The van der Waals surface area contributed by atoms with E-state index in [2.05, 4.69) is 11.9 Å². The molecule has 0 radical (unpaired) electrons. The topological polar surface area (TPSA) is 49.9 Å². The SMILES string of the molecule is COC(=O)c1ccc(CN2CC[C@@H](N(C)CCC34CC5CC(CC(C5)C3)C4)CCC2=O)cc1. The van der Waals surface area contributed by atoms with Gasteiger partial charge in [-0.2, -0.15) is 0 Å². The molecule has 1 aromatic rings. The molecule has 180 valence electrons. The Kier molecular flexibility index (Phi) is 6.52. The van der Waals surface area contributed by atoms with Crippen molar-refractivity contribution in [2.24, 2.45) is 23.2 Å². The summed E-state index contributed by atoms with van der Waals surface area (Å²) in [6.45, 7) is 2.61. The van der Waals surface area contributed by atoms with Gasteiger partial charge in [0.15, 0.2) is 0 Å². The zero-order chi connectivity index (χ0) is 23.0. The monoisotopic (exact) mass is 452 g/mol. The maximum Gasteiger partial charge on any atom is 0.337 e. The van der Waals surface area contributed by atoms with E-state index in [9.17, 15) is 9.59 Å². The molecule has 1 aromatic carbocycles. The fraction of sp³-hybridized carbons (Fsp3) is 0.714. The van der Waals surface area contributed by atoms with E-state index >= 15 is 0 Å². The number of hydrogen-bond donors (Lipinski definition) is 0. The third-order valence-electron chi connectivity index (χ3n) is 9.31. The Balaban J connectivity index is 1.13. The predicted octanol–water partition coefficient (Wildman–Crippen LogP) is 4.89. The molecular formula is C28H40N2O3. The molecule has 5 fully saturated rings. The highest BCUT2D eigenvalue weighted by molar-refractivity contribution is 5.89. The first-order valence-corrected chi connectivity index (χ1v) is 13.1. The molecular weight excluding hydrogens is 412 g/mol. The summed E-state index contributed by atoms with van der Waals surface area (Å²) in [7, 11) is 3.68. The van der Waals surface area contributed by atoms with Crippen molar-refractivity contribution >= 4 is 11.9 Å². The standard InChI is InChI=1S/C28H40N2O3/c1-29(12-10-28-16-21-13-22(17-28)15-23(14-21)18-28)25-7-8-26(31)30(11-9-25)19-20-3-5-24(6-4-20)27(32)33-2/h3-6,21-23,25H,7-19H2,1-2H3/t21?,22?,23?,25-,28?/m0/s1. The van der Waals surface area contributed by atoms with Gasteiger partial charge in [0.25, 0.3) is 0 Å². The number of amides is 1. The lowest BCUT2D eigenvalue weighted by molar-refractivity contribution is -0.131. The highest BCUT2D eigenvalue weighted by Gasteiger charge is 2.50. The van der Waals surface area contributed by atoms with Crippen molar-refractivity contribution in [3.8, 4) is 0 Å². The second kappa shape index (κ2) is 9.40. The minimum atomic E-state index is -0.327. The van der Waals surface area contributed by atoms with E-state index in [1.807, 2.05) is 17.0 Å². The van der Waals surface area contributed by atoms with Gasteiger partial charge in [-0.15, -0.1) is 0 Å². The minimum absolute atomic E-state index is 0.254. The van der Waals surface area contributed by atoms with Crippen LogP contribution in [0.2, 0.25) is 0 Å². The fourth-order valence-corrected chi connectivity index (χ4v) is 7.91. The summed E-state index contributed by atoms with van der Waals surface area (Å²) in [5.41, 5.74) is 2.24. The number of rotatable bonds is 7. The number of methoxy groups -OCH3 is 1. The van der Waals surface area contributed by atoms with Crippen LogP contribution in [0, 0.1) is 23.2 Å². The molecule has 1 heterocycles. The summed E-state index contributed by atoms with van der Waals surface area (Å²) in [5, 5.41) is 0. The van der Waals surface area contributed by atoms with Crippen molar-refractivity contribution in [3.05, 3.63) is 35.4 Å². The van der Waals surface area contributed by atoms with E-state index in [-0.39, 0.29) is 11.9 Å². The molecule has 0 aromatic heterocycles. The van der Waals surface area contributed by atoms with Gasteiger partial charge in [0.05, 0.1) is 12.7 Å².